The molecule has 1 unspecified atom stereocenters. The van der Waals surface area contributed by atoms with Crippen molar-refractivity contribution in [1.29, 1.82) is 0 Å². The molecule has 94 valence electrons. The minimum absolute atomic E-state index is 0.0726. The zero-order valence-electron chi connectivity index (χ0n) is 9.70. The number of hydrogen-bond donors (Lipinski definition) is 1. The van der Waals surface area contributed by atoms with Gasteiger partial charge in [0, 0.05) is 12.1 Å². The Morgan fingerprint density at radius 2 is 2.00 bits per heavy atom. The number of rotatable bonds is 4. The van der Waals surface area contributed by atoms with Gasteiger partial charge in [0.1, 0.15) is 6.04 Å². The molecule has 1 aromatic rings. The van der Waals surface area contributed by atoms with Crippen molar-refractivity contribution in [3.8, 4) is 0 Å². The highest BCUT2D eigenvalue weighted by atomic mass is 32.1. The normalized spacial score (nSPS) is 18.0. The molecule has 0 aliphatic carbocycles. The van der Waals surface area contributed by atoms with Gasteiger partial charge in [-0.3, -0.25) is 4.79 Å². The first-order chi connectivity index (χ1) is 8.59. The summed E-state index contributed by atoms with van der Waals surface area (Å²) in [7, 11) is 0. The Bertz CT molecular complexity index is 486. The molecule has 18 heavy (non-hydrogen) atoms. The van der Waals surface area contributed by atoms with Crippen LogP contribution in [0.3, 0.4) is 0 Å². The number of carboxylic acid groups (broad SMARTS) is 1. The zero-order chi connectivity index (χ0) is 13.1. The highest BCUT2D eigenvalue weighted by Gasteiger charge is 2.35. The van der Waals surface area contributed by atoms with E-state index in [2.05, 4.69) is 0 Å². The van der Waals surface area contributed by atoms with Crippen LogP contribution in [-0.4, -0.2) is 39.3 Å². The number of ketones is 1. The van der Waals surface area contributed by atoms with Gasteiger partial charge in [-0.2, -0.15) is 0 Å². The van der Waals surface area contributed by atoms with E-state index in [9.17, 15) is 9.59 Å². The van der Waals surface area contributed by atoms with E-state index < -0.39 is 12.0 Å². The number of nitrogens with zero attached hydrogens (tertiary/aromatic N) is 1. The van der Waals surface area contributed by atoms with E-state index in [-0.39, 0.29) is 12.2 Å². The van der Waals surface area contributed by atoms with Crippen molar-refractivity contribution in [2.75, 3.05) is 6.54 Å². The Kier molecular flexibility index (Phi) is 3.72. The van der Waals surface area contributed by atoms with Crippen molar-refractivity contribution < 1.29 is 14.7 Å². The van der Waals surface area contributed by atoms with Gasteiger partial charge in [-0.05, 0) is 6.42 Å². The first-order valence-electron chi connectivity index (χ1n) is 5.70. The van der Waals surface area contributed by atoms with Crippen molar-refractivity contribution in [3.05, 3.63) is 35.9 Å². The van der Waals surface area contributed by atoms with Gasteiger partial charge in [0.25, 0.3) is 0 Å². The number of aliphatic carboxylic acids is 1. The van der Waals surface area contributed by atoms with E-state index in [1.54, 1.807) is 29.2 Å². The monoisotopic (exact) mass is 263 g/mol. The fourth-order valence-corrected chi connectivity index (χ4v) is 2.26. The lowest BCUT2D eigenvalue weighted by Crippen LogP contribution is -2.54. The fourth-order valence-electron chi connectivity index (χ4n) is 1.91. The molecule has 1 N–H and O–H groups in total. The standard InChI is InChI=1S/C13H13NO3S/c15-11(9-4-2-1-3-5-9)8-12(18)14-7-6-10(14)13(16)17/h1-5,10H,6-8H2,(H,16,17). The third-order valence-corrected chi connectivity index (χ3v) is 3.41. The number of benzene rings is 1. The maximum Gasteiger partial charge on any atom is 0.326 e. The van der Waals surface area contributed by atoms with Gasteiger partial charge >= 0.3 is 5.97 Å². The fraction of sp³-hybridized carbons (Fsp3) is 0.308. The molecule has 5 heteroatoms. The Balaban J connectivity index is 1.96. The summed E-state index contributed by atoms with van der Waals surface area (Å²) in [6.45, 7) is 0.623. The minimum Gasteiger partial charge on any atom is -0.480 e. The van der Waals surface area contributed by atoms with E-state index in [0.29, 0.717) is 23.5 Å². The van der Waals surface area contributed by atoms with Crippen molar-refractivity contribution in [1.82, 2.24) is 4.90 Å². The summed E-state index contributed by atoms with van der Waals surface area (Å²) in [5.41, 5.74) is 0.604. The molecule has 0 aromatic heterocycles. The van der Waals surface area contributed by atoms with Crippen LogP contribution in [0.4, 0.5) is 0 Å². The lowest BCUT2D eigenvalue weighted by Gasteiger charge is -2.39. The third-order valence-electron chi connectivity index (χ3n) is 3.03. The van der Waals surface area contributed by atoms with Crippen molar-refractivity contribution in [2.24, 2.45) is 0 Å². The maximum atomic E-state index is 11.9. The zero-order valence-corrected chi connectivity index (χ0v) is 10.5. The number of carboxylic acids is 1. The van der Waals surface area contributed by atoms with Crippen LogP contribution in [0.15, 0.2) is 30.3 Å². The van der Waals surface area contributed by atoms with Crippen LogP contribution >= 0.6 is 12.2 Å². The lowest BCUT2D eigenvalue weighted by atomic mass is 10.0. The predicted octanol–water partition coefficient (Wildman–Crippen LogP) is 1.75. The molecular formula is C13H13NO3S. The summed E-state index contributed by atoms with van der Waals surface area (Å²) in [6.07, 6.45) is 0.693. The SMILES string of the molecule is O=C(CC(=S)N1CCC1C(=O)O)c1ccccc1. The Labute approximate surface area is 110 Å². The molecular weight excluding hydrogens is 250 g/mol. The molecule has 1 aliphatic heterocycles. The van der Waals surface area contributed by atoms with Crippen LogP contribution in [0, 0.1) is 0 Å². The molecule has 0 amide bonds. The number of thiocarbonyl (C=S) groups is 1. The second kappa shape index (κ2) is 5.27. The Morgan fingerprint density at radius 1 is 1.33 bits per heavy atom. The quantitative estimate of drug-likeness (QED) is 0.662. The van der Waals surface area contributed by atoms with Crippen LogP contribution in [0.25, 0.3) is 0 Å². The molecule has 1 atom stereocenters. The summed E-state index contributed by atoms with van der Waals surface area (Å²) < 4.78 is 0. The van der Waals surface area contributed by atoms with Crippen LogP contribution in [-0.2, 0) is 4.79 Å². The molecule has 1 aromatic carbocycles. The second-order valence-corrected chi connectivity index (χ2v) is 4.67. The maximum absolute atomic E-state index is 11.9. The largest absolute Gasteiger partial charge is 0.480 e. The van der Waals surface area contributed by atoms with Crippen LogP contribution in [0.2, 0.25) is 0 Å². The summed E-state index contributed by atoms with van der Waals surface area (Å²) in [5.74, 6) is -0.951. The third kappa shape index (κ3) is 2.56. The first-order valence-corrected chi connectivity index (χ1v) is 6.11. The van der Waals surface area contributed by atoms with Gasteiger partial charge in [-0.25, -0.2) is 4.79 Å². The number of likely N-dealkylation sites (tertiary alicyclic amines) is 1. The minimum atomic E-state index is -0.879. The van der Waals surface area contributed by atoms with E-state index in [1.807, 2.05) is 6.07 Å². The summed E-state index contributed by atoms with van der Waals surface area (Å²) in [6, 6.07) is 8.33. The van der Waals surface area contributed by atoms with E-state index in [4.69, 9.17) is 17.3 Å². The molecule has 0 spiro atoms. The summed E-state index contributed by atoms with van der Waals surface area (Å²) in [5, 5.41) is 8.92. The molecule has 2 rings (SSSR count). The van der Waals surface area contributed by atoms with Gasteiger partial charge in [0.15, 0.2) is 5.78 Å². The molecule has 4 nitrogen and oxygen atoms in total. The van der Waals surface area contributed by atoms with Crippen molar-refractivity contribution in [3.63, 3.8) is 0 Å². The number of carbonyl (C=O) groups is 2. The van der Waals surface area contributed by atoms with E-state index >= 15 is 0 Å². The van der Waals surface area contributed by atoms with Gasteiger partial charge in [0.05, 0.1) is 11.4 Å². The smallest absolute Gasteiger partial charge is 0.326 e. The van der Waals surface area contributed by atoms with Crippen molar-refractivity contribution in [2.45, 2.75) is 18.9 Å². The molecule has 0 saturated carbocycles. The van der Waals surface area contributed by atoms with Crippen LogP contribution < -0.4 is 0 Å². The average Bonchev–Trinajstić information content (AvgIpc) is 2.27. The van der Waals surface area contributed by atoms with Gasteiger partial charge in [0.2, 0.25) is 0 Å². The Hall–Kier alpha value is -1.75. The lowest BCUT2D eigenvalue weighted by molar-refractivity contribution is -0.145. The number of hydrogen-bond acceptors (Lipinski definition) is 3. The molecule has 1 heterocycles. The molecule has 1 saturated heterocycles. The van der Waals surface area contributed by atoms with Crippen LogP contribution in [0.5, 0.6) is 0 Å². The number of carbonyl (C=O) groups excluding carboxylic acids is 1. The molecule has 1 aliphatic rings. The molecule has 0 bridgehead atoms. The van der Waals surface area contributed by atoms with E-state index in [0.717, 1.165) is 0 Å². The van der Waals surface area contributed by atoms with Gasteiger partial charge in [-0.1, -0.05) is 42.5 Å². The van der Waals surface area contributed by atoms with Crippen molar-refractivity contribution >= 4 is 29.0 Å². The number of Topliss-reactive ketones (excluding diaryl/α,β-unsaturated/α-hetero) is 1. The molecule has 1 fully saturated rings. The van der Waals surface area contributed by atoms with Gasteiger partial charge < -0.3 is 10.0 Å². The summed E-state index contributed by atoms with van der Waals surface area (Å²) >= 11 is 5.14. The summed E-state index contributed by atoms with van der Waals surface area (Å²) in [4.78, 5) is 24.8. The highest BCUT2D eigenvalue weighted by molar-refractivity contribution is 7.80. The average molecular weight is 263 g/mol. The molecule has 0 radical (unpaired) electrons. The van der Waals surface area contributed by atoms with Crippen LogP contribution in [0.1, 0.15) is 23.2 Å². The van der Waals surface area contributed by atoms with E-state index in [1.165, 1.54) is 0 Å². The highest BCUT2D eigenvalue weighted by Crippen LogP contribution is 2.20. The second-order valence-electron chi connectivity index (χ2n) is 4.20. The topological polar surface area (TPSA) is 57.6 Å². The van der Waals surface area contributed by atoms with Gasteiger partial charge in [-0.15, -0.1) is 0 Å². The predicted molar refractivity (Wildman–Crippen MR) is 70.7 cm³/mol. The first kappa shape index (κ1) is 12.7. The Morgan fingerprint density at radius 3 is 2.50 bits per heavy atom.